The zero-order chi connectivity index (χ0) is 15.5. The van der Waals surface area contributed by atoms with Crippen molar-refractivity contribution in [3.05, 3.63) is 77.0 Å². The average molecular weight is 293 g/mol. The van der Waals surface area contributed by atoms with Crippen LogP contribution in [0, 0.1) is 0 Å². The highest BCUT2D eigenvalue weighted by Crippen LogP contribution is 2.20. The highest BCUT2D eigenvalue weighted by atomic mass is 16.3. The Hall–Kier alpha value is -2.88. The molecule has 2 N–H and O–H groups in total. The second kappa shape index (κ2) is 5.85. The third-order valence-corrected chi connectivity index (χ3v) is 3.66. The Balaban J connectivity index is 1.71. The van der Waals surface area contributed by atoms with Gasteiger partial charge in [-0.15, -0.1) is 0 Å². The first-order chi connectivity index (χ1) is 10.7. The maximum absolute atomic E-state index is 12.3. The van der Waals surface area contributed by atoms with Gasteiger partial charge in [-0.05, 0) is 18.1 Å². The number of para-hydroxylation sites is 1. The second-order valence-electron chi connectivity index (χ2n) is 5.10. The highest BCUT2D eigenvalue weighted by molar-refractivity contribution is 6.24. The molecule has 3 rings (SSSR count). The van der Waals surface area contributed by atoms with Crippen LogP contribution in [0.3, 0.4) is 0 Å². The van der Waals surface area contributed by atoms with Gasteiger partial charge in [0.15, 0.2) is 5.78 Å². The number of carbonyl (C=O) groups is 2. The van der Waals surface area contributed by atoms with Gasteiger partial charge in [-0.3, -0.25) is 9.59 Å². The maximum Gasteiger partial charge on any atom is 0.209 e. The van der Waals surface area contributed by atoms with Crippen molar-refractivity contribution >= 4 is 11.6 Å². The van der Waals surface area contributed by atoms with Gasteiger partial charge in [-0.1, -0.05) is 42.5 Å². The molecule has 0 spiro atoms. The van der Waals surface area contributed by atoms with Gasteiger partial charge in [0.25, 0.3) is 0 Å². The van der Waals surface area contributed by atoms with Crippen LogP contribution in [0.4, 0.5) is 0 Å². The predicted molar refractivity (Wildman–Crippen MR) is 83.0 cm³/mol. The Kier molecular flexibility index (Phi) is 3.74. The first-order valence-corrected chi connectivity index (χ1v) is 7.07. The number of nitrogens with one attached hydrogen (secondary N) is 1. The van der Waals surface area contributed by atoms with Crippen molar-refractivity contribution in [2.75, 3.05) is 6.54 Å². The molecule has 0 saturated heterocycles. The maximum atomic E-state index is 12.3. The Morgan fingerprint density at radius 3 is 2.36 bits per heavy atom. The van der Waals surface area contributed by atoms with E-state index in [0.29, 0.717) is 29.8 Å². The molecule has 0 aliphatic heterocycles. The molecule has 1 aliphatic rings. The molecule has 0 aromatic heterocycles. The van der Waals surface area contributed by atoms with E-state index in [0.717, 1.165) is 5.56 Å². The number of carbonyl (C=O) groups excluding carboxylic acids is 2. The van der Waals surface area contributed by atoms with Crippen LogP contribution < -0.4 is 5.32 Å². The molecular weight excluding hydrogens is 278 g/mol. The lowest BCUT2D eigenvalue weighted by Gasteiger charge is -2.16. The van der Waals surface area contributed by atoms with Crippen LogP contribution in [0.1, 0.15) is 26.3 Å². The van der Waals surface area contributed by atoms with Crippen molar-refractivity contribution < 1.29 is 14.7 Å². The van der Waals surface area contributed by atoms with Crippen molar-refractivity contribution in [3.8, 4) is 5.75 Å². The number of phenolic OH excluding ortho intramolecular Hbond substituents is 1. The van der Waals surface area contributed by atoms with E-state index in [2.05, 4.69) is 5.32 Å². The Morgan fingerprint density at radius 1 is 0.909 bits per heavy atom. The van der Waals surface area contributed by atoms with Crippen LogP contribution in [-0.4, -0.2) is 23.2 Å². The topological polar surface area (TPSA) is 66.4 Å². The molecule has 0 atom stereocenters. The van der Waals surface area contributed by atoms with E-state index >= 15 is 0 Å². The minimum Gasteiger partial charge on any atom is -0.508 e. The van der Waals surface area contributed by atoms with E-state index in [1.54, 1.807) is 36.4 Å². The monoisotopic (exact) mass is 293 g/mol. The molecule has 110 valence electrons. The van der Waals surface area contributed by atoms with E-state index in [1.807, 2.05) is 12.1 Å². The third-order valence-electron chi connectivity index (χ3n) is 3.66. The van der Waals surface area contributed by atoms with Crippen LogP contribution in [0.15, 0.2) is 60.3 Å². The summed E-state index contributed by atoms with van der Waals surface area (Å²) in [5, 5.41) is 12.7. The summed E-state index contributed by atoms with van der Waals surface area (Å²) in [6, 6.07) is 13.9. The molecule has 0 unspecified atom stereocenters. The molecule has 0 radical (unpaired) electrons. The standard InChI is InChI=1S/C18H15NO3/c20-16-8-4-1-5-12(16)9-10-19-15-11-17(21)13-6-2-3-7-14(13)18(15)22/h1-8,11,19-20H,9-10H2. The summed E-state index contributed by atoms with van der Waals surface area (Å²) in [6.07, 6.45) is 1.91. The van der Waals surface area contributed by atoms with Crippen LogP contribution in [0.2, 0.25) is 0 Å². The minimum absolute atomic E-state index is 0.166. The van der Waals surface area contributed by atoms with Crippen molar-refractivity contribution in [1.82, 2.24) is 5.32 Å². The van der Waals surface area contributed by atoms with Gasteiger partial charge in [0.1, 0.15) is 5.75 Å². The molecule has 4 heteroatoms. The van der Waals surface area contributed by atoms with Gasteiger partial charge in [0.05, 0.1) is 5.70 Å². The molecule has 0 fully saturated rings. The number of hydrogen-bond acceptors (Lipinski definition) is 4. The third kappa shape index (κ3) is 2.63. The van der Waals surface area contributed by atoms with Crippen LogP contribution in [0.25, 0.3) is 0 Å². The summed E-state index contributed by atoms with van der Waals surface area (Å²) < 4.78 is 0. The summed E-state index contributed by atoms with van der Waals surface area (Å²) in [7, 11) is 0. The lowest BCUT2D eigenvalue weighted by atomic mass is 9.92. The lowest BCUT2D eigenvalue weighted by Crippen LogP contribution is -2.28. The SMILES string of the molecule is O=C1C=C(NCCc2ccccc2O)C(=O)c2ccccc21. The Morgan fingerprint density at radius 2 is 1.59 bits per heavy atom. The average Bonchev–Trinajstić information content (AvgIpc) is 2.54. The molecule has 0 heterocycles. The van der Waals surface area contributed by atoms with Crippen molar-refractivity contribution in [2.45, 2.75) is 6.42 Å². The zero-order valence-corrected chi connectivity index (χ0v) is 11.9. The Bertz CT molecular complexity index is 777. The predicted octanol–water partition coefficient (Wildman–Crippen LogP) is 2.49. The quantitative estimate of drug-likeness (QED) is 0.909. The van der Waals surface area contributed by atoms with Crippen molar-refractivity contribution in [3.63, 3.8) is 0 Å². The van der Waals surface area contributed by atoms with Gasteiger partial charge < -0.3 is 10.4 Å². The number of Topliss-reactive ketones (excluding diaryl/α,β-unsaturated/α-hetero) is 1. The van der Waals surface area contributed by atoms with Gasteiger partial charge in [0.2, 0.25) is 5.78 Å². The highest BCUT2D eigenvalue weighted by Gasteiger charge is 2.24. The second-order valence-corrected chi connectivity index (χ2v) is 5.10. The van der Waals surface area contributed by atoms with Gasteiger partial charge in [-0.2, -0.15) is 0 Å². The molecule has 0 amide bonds. The number of aromatic hydroxyl groups is 1. The molecule has 1 aliphatic carbocycles. The summed E-state index contributed by atoms with van der Waals surface area (Å²) in [5.41, 5.74) is 1.98. The number of phenols is 1. The molecular formula is C18H15NO3. The minimum atomic E-state index is -0.174. The number of allylic oxidation sites excluding steroid dienone is 2. The van der Waals surface area contributed by atoms with E-state index in [-0.39, 0.29) is 17.3 Å². The number of benzene rings is 2. The molecule has 2 aromatic carbocycles. The molecule has 22 heavy (non-hydrogen) atoms. The lowest BCUT2D eigenvalue weighted by molar-refractivity contribution is 0.0978. The number of fused-ring (bicyclic) bond motifs is 1. The normalized spacial score (nSPS) is 13.5. The summed E-state index contributed by atoms with van der Waals surface area (Å²) >= 11 is 0. The van der Waals surface area contributed by atoms with Gasteiger partial charge in [-0.25, -0.2) is 0 Å². The first-order valence-electron chi connectivity index (χ1n) is 7.07. The summed E-state index contributed by atoms with van der Waals surface area (Å²) in [5.74, 6) is -0.109. The molecule has 4 nitrogen and oxygen atoms in total. The van der Waals surface area contributed by atoms with Crippen LogP contribution in [-0.2, 0) is 6.42 Å². The van der Waals surface area contributed by atoms with Crippen molar-refractivity contribution in [2.24, 2.45) is 0 Å². The fourth-order valence-corrected chi connectivity index (χ4v) is 2.50. The van der Waals surface area contributed by atoms with E-state index in [4.69, 9.17) is 0 Å². The van der Waals surface area contributed by atoms with Gasteiger partial charge in [0, 0.05) is 23.7 Å². The smallest absolute Gasteiger partial charge is 0.209 e. The molecule has 0 bridgehead atoms. The summed E-state index contributed by atoms with van der Waals surface area (Å²) in [6.45, 7) is 0.463. The molecule has 0 saturated carbocycles. The number of ketones is 2. The number of rotatable bonds is 4. The zero-order valence-electron chi connectivity index (χ0n) is 11.9. The first kappa shape index (κ1) is 14.1. The van der Waals surface area contributed by atoms with Crippen LogP contribution in [0.5, 0.6) is 5.75 Å². The number of hydrogen-bond donors (Lipinski definition) is 2. The van der Waals surface area contributed by atoms with Crippen LogP contribution >= 0.6 is 0 Å². The van der Waals surface area contributed by atoms with E-state index in [1.165, 1.54) is 6.08 Å². The summed E-state index contributed by atoms with van der Waals surface area (Å²) in [4.78, 5) is 24.4. The van der Waals surface area contributed by atoms with E-state index < -0.39 is 0 Å². The fourth-order valence-electron chi connectivity index (χ4n) is 2.50. The van der Waals surface area contributed by atoms with E-state index in [9.17, 15) is 14.7 Å². The largest absolute Gasteiger partial charge is 0.508 e. The fraction of sp³-hybridized carbons (Fsp3) is 0.111. The van der Waals surface area contributed by atoms with Crippen molar-refractivity contribution in [1.29, 1.82) is 0 Å². The van der Waals surface area contributed by atoms with Gasteiger partial charge >= 0.3 is 0 Å². The Labute approximate surface area is 128 Å². The molecule has 2 aromatic rings.